The second-order valence-electron chi connectivity index (χ2n) is 3.89. The summed E-state index contributed by atoms with van der Waals surface area (Å²) >= 11 is 5.93. The van der Waals surface area contributed by atoms with E-state index in [1.165, 1.54) is 0 Å². The summed E-state index contributed by atoms with van der Waals surface area (Å²) in [5, 5.41) is 9.69. The molecule has 0 saturated heterocycles. The van der Waals surface area contributed by atoms with Crippen LogP contribution in [0.3, 0.4) is 0 Å². The first-order chi connectivity index (χ1) is 8.74. The molecule has 0 aliphatic carbocycles. The molecule has 18 heavy (non-hydrogen) atoms. The van der Waals surface area contributed by atoms with Gasteiger partial charge in [0.1, 0.15) is 11.6 Å². The van der Waals surface area contributed by atoms with Gasteiger partial charge in [-0.1, -0.05) is 11.6 Å². The number of pyridine rings is 1. The molecule has 0 aromatic carbocycles. The smallest absolute Gasteiger partial charge is 0.129 e. The minimum Gasteiger partial charge on any atom is -0.467 e. The van der Waals surface area contributed by atoms with Crippen molar-refractivity contribution in [2.45, 2.75) is 20.1 Å². The highest BCUT2D eigenvalue weighted by Crippen LogP contribution is 2.21. The zero-order valence-electron chi connectivity index (χ0n) is 10.1. The van der Waals surface area contributed by atoms with E-state index in [2.05, 4.69) is 4.98 Å². The van der Waals surface area contributed by atoms with Gasteiger partial charge in [0.2, 0.25) is 0 Å². The van der Waals surface area contributed by atoms with Crippen LogP contribution < -0.4 is 4.90 Å². The molecule has 2 aromatic heterocycles. The van der Waals surface area contributed by atoms with E-state index < -0.39 is 0 Å². The molecule has 0 radical (unpaired) electrons. The van der Waals surface area contributed by atoms with Gasteiger partial charge >= 0.3 is 0 Å². The molecule has 2 rings (SSSR count). The molecule has 0 aliphatic heterocycles. The molecule has 4 nitrogen and oxygen atoms in total. The number of furan rings is 1. The lowest BCUT2D eigenvalue weighted by Gasteiger charge is -2.21. The van der Waals surface area contributed by atoms with Gasteiger partial charge in [-0.2, -0.15) is 0 Å². The van der Waals surface area contributed by atoms with Crippen molar-refractivity contribution in [3.63, 3.8) is 0 Å². The predicted molar refractivity (Wildman–Crippen MR) is 70.6 cm³/mol. The van der Waals surface area contributed by atoms with Crippen LogP contribution in [0.4, 0.5) is 5.82 Å². The number of aromatic nitrogens is 1. The molecular formula is C13H15ClN2O2. The maximum Gasteiger partial charge on any atom is 0.129 e. The van der Waals surface area contributed by atoms with E-state index in [0.717, 1.165) is 18.1 Å². The molecule has 0 aliphatic rings. The van der Waals surface area contributed by atoms with Gasteiger partial charge < -0.3 is 14.4 Å². The van der Waals surface area contributed by atoms with Gasteiger partial charge in [0.15, 0.2) is 0 Å². The maximum absolute atomic E-state index is 9.20. The van der Waals surface area contributed by atoms with Crippen molar-refractivity contribution in [3.05, 3.63) is 47.0 Å². The normalized spacial score (nSPS) is 10.6. The average molecular weight is 267 g/mol. The number of halogens is 1. The minimum absolute atomic E-state index is 0.0906. The fourth-order valence-electron chi connectivity index (χ4n) is 1.71. The van der Waals surface area contributed by atoms with Crippen LogP contribution in [0.25, 0.3) is 0 Å². The fraction of sp³-hybridized carbons (Fsp3) is 0.308. The highest BCUT2D eigenvalue weighted by Gasteiger charge is 2.10. The Bertz CT molecular complexity index is 500. The van der Waals surface area contributed by atoms with Gasteiger partial charge in [-0.25, -0.2) is 4.98 Å². The van der Waals surface area contributed by atoms with Crippen LogP contribution in [-0.4, -0.2) is 16.6 Å². The Kier molecular flexibility index (Phi) is 4.23. The number of rotatable bonds is 5. The Morgan fingerprint density at radius 3 is 2.94 bits per heavy atom. The molecule has 0 saturated carbocycles. The van der Waals surface area contributed by atoms with Crippen LogP contribution >= 0.6 is 11.6 Å². The van der Waals surface area contributed by atoms with Gasteiger partial charge in [-0.3, -0.25) is 0 Å². The Morgan fingerprint density at radius 1 is 1.50 bits per heavy atom. The maximum atomic E-state index is 9.20. The molecule has 1 N–H and O–H groups in total. The van der Waals surface area contributed by atoms with Crippen molar-refractivity contribution >= 4 is 17.4 Å². The first kappa shape index (κ1) is 12.9. The molecule has 2 heterocycles. The average Bonchev–Trinajstić information content (AvgIpc) is 2.89. The van der Waals surface area contributed by atoms with Crippen LogP contribution in [-0.2, 0) is 13.2 Å². The molecule has 0 spiro atoms. The van der Waals surface area contributed by atoms with Crippen LogP contribution in [0, 0.1) is 0 Å². The number of anilines is 1. The molecule has 0 unspecified atom stereocenters. The van der Waals surface area contributed by atoms with Crippen LogP contribution in [0.1, 0.15) is 18.2 Å². The number of nitrogens with zero attached hydrogens (tertiary/aromatic N) is 2. The number of hydrogen-bond acceptors (Lipinski definition) is 4. The third-order valence-electron chi connectivity index (χ3n) is 2.72. The summed E-state index contributed by atoms with van der Waals surface area (Å²) in [6, 6.07) is 5.58. The molecule has 0 amide bonds. The van der Waals surface area contributed by atoms with E-state index in [4.69, 9.17) is 16.0 Å². The fourth-order valence-corrected chi connectivity index (χ4v) is 1.87. The van der Waals surface area contributed by atoms with Gasteiger partial charge in [-0.15, -0.1) is 0 Å². The Morgan fingerprint density at radius 2 is 2.33 bits per heavy atom. The summed E-state index contributed by atoms with van der Waals surface area (Å²) in [5.41, 5.74) is 0.680. The first-order valence-corrected chi connectivity index (χ1v) is 6.15. The third kappa shape index (κ3) is 2.83. The van der Waals surface area contributed by atoms with Crippen molar-refractivity contribution in [3.8, 4) is 0 Å². The van der Waals surface area contributed by atoms with Crippen molar-refractivity contribution in [1.82, 2.24) is 4.98 Å². The monoisotopic (exact) mass is 266 g/mol. The summed E-state index contributed by atoms with van der Waals surface area (Å²) in [4.78, 5) is 6.33. The van der Waals surface area contributed by atoms with E-state index in [0.29, 0.717) is 17.1 Å². The molecule has 0 atom stereocenters. The highest BCUT2D eigenvalue weighted by molar-refractivity contribution is 6.31. The topological polar surface area (TPSA) is 49.5 Å². The van der Waals surface area contributed by atoms with E-state index in [1.54, 1.807) is 18.5 Å². The molecular weight excluding hydrogens is 252 g/mol. The van der Waals surface area contributed by atoms with Gasteiger partial charge in [0, 0.05) is 18.3 Å². The molecule has 5 heteroatoms. The molecule has 96 valence electrons. The van der Waals surface area contributed by atoms with Gasteiger partial charge in [0.05, 0.1) is 24.4 Å². The zero-order chi connectivity index (χ0) is 13.0. The highest BCUT2D eigenvalue weighted by atomic mass is 35.5. The van der Waals surface area contributed by atoms with E-state index in [1.807, 2.05) is 24.0 Å². The lowest BCUT2D eigenvalue weighted by molar-refractivity contribution is 0.282. The zero-order valence-corrected chi connectivity index (χ0v) is 10.9. The SMILES string of the molecule is CCN(Cc1ccco1)c1cc(CO)c(Cl)cn1. The summed E-state index contributed by atoms with van der Waals surface area (Å²) < 4.78 is 5.32. The quantitative estimate of drug-likeness (QED) is 0.904. The van der Waals surface area contributed by atoms with Gasteiger partial charge in [-0.05, 0) is 25.1 Å². The first-order valence-electron chi connectivity index (χ1n) is 5.77. The van der Waals surface area contributed by atoms with Crippen molar-refractivity contribution in [2.75, 3.05) is 11.4 Å². The number of hydrogen-bond donors (Lipinski definition) is 1. The second-order valence-corrected chi connectivity index (χ2v) is 4.29. The van der Waals surface area contributed by atoms with Crippen LogP contribution in [0.15, 0.2) is 35.1 Å². The Labute approximate surface area is 111 Å². The summed E-state index contributed by atoms with van der Waals surface area (Å²) in [6.07, 6.45) is 3.21. The summed E-state index contributed by atoms with van der Waals surface area (Å²) in [5.74, 6) is 1.65. The van der Waals surface area contributed by atoms with E-state index >= 15 is 0 Å². The van der Waals surface area contributed by atoms with Crippen molar-refractivity contribution in [1.29, 1.82) is 0 Å². The minimum atomic E-state index is -0.0906. The van der Waals surface area contributed by atoms with Crippen molar-refractivity contribution in [2.24, 2.45) is 0 Å². The van der Waals surface area contributed by atoms with E-state index in [-0.39, 0.29) is 6.61 Å². The largest absolute Gasteiger partial charge is 0.467 e. The summed E-state index contributed by atoms with van der Waals surface area (Å²) in [6.45, 7) is 3.38. The predicted octanol–water partition coefficient (Wildman–Crippen LogP) is 2.85. The second kappa shape index (κ2) is 5.89. The van der Waals surface area contributed by atoms with Gasteiger partial charge in [0.25, 0.3) is 0 Å². The summed E-state index contributed by atoms with van der Waals surface area (Å²) in [7, 11) is 0. The van der Waals surface area contributed by atoms with Crippen molar-refractivity contribution < 1.29 is 9.52 Å². The lowest BCUT2D eigenvalue weighted by atomic mass is 10.2. The molecule has 0 bridgehead atoms. The van der Waals surface area contributed by atoms with Crippen LogP contribution in [0.2, 0.25) is 5.02 Å². The molecule has 0 fully saturated rings. The lowest BCUT2D eigenvalue weighted by Crippen LogP contribution is -2.23. The molecule has 2 aromatic rings. The number of aliphatic hydroxyl groups excluding tert-OH is 1. The Balaban J connectivity index is 2.21. The van der Waals surface area contributed by atoms with E-state index in [9.17, 15) is 5.11 Å². The third-order valence-corrected chi connectivity index (χ3v) is 3.06. The number of aliphatic hydroxyl groups is 1. The Hall–Kier alpha value is -1.52. The standard InChI is InChI=1S/C13H15ClN2O2/c1-2-16(8-11-4-3-5-18-11)13-6-10(9-17)12(14)7-15-13/h3-7,17H,2,8-9H2,1H3. The van der Waals surface area contributed by atoms with Crippen LogP contribution in [0.5, 0.6) is 0 Å².